The molecule has 202 valence electrons. The monoisotopic (exact) mass is 529 g/mol. The molecule has 1 aliphatic heterocycles. The van der Waals surface area contributed by atoms with Gasteiger partial charge in [-0.2, -0.15) is 26.3 Å². The van der Waals surface area contributed by atoms with Crippen molar-refractivity contribution in [2.24, 2.45) is 5.92 Å². The van der Waals surface area contributed by atoms with Gasteiger partial charge in [-0.05, 0) is 91.9 Å². The largest absolute Gasteiger partial charge is 0.490 e. The molecule has 4 nitrogen and oxygen atoms in total. The number of alkyl halides is 6. The van der Waals surface area contributed by atoms with E-state index in [9.17, 15) is 36.2 Å². The fraction of sp³-hybridized carbons (Fsp3) is 0.519. The summed E-state index contributed by atoms with van der Waals surface area (Å²) in [5.41, 5.74) is -1.62. The maximum absolute atomic E-state index is 13.5. The van der Waals surface area contributed by atoms with Crippen LogP contribution in [0.15, 0.2) is 42.5 Å². The van der Waals surface area contributed by atoms with Gasteiger partial charge in [0.05, 0.1) is 23.7 Å². The van der Waals surface area contributed by atoms with Crippen LogP contribution in [-0.2, 0) is 23.7 Å². The third-order valence-corrected chi connectivity index (χ3v) is 7.07. The van der Waals surface area contributed by atoms with Crippen LogP contribution in [0.1, 0.15) is 66.7 Å². The minimum absolute atomic E-state index is 0.0575. The number of nitrogens with zero attached hydrogens (tertiary/aromatic N) is 1. The smallest absolute Gasteiger partial charge is 0.416 e. The number of hydrogen-bond donors (Lipinski definition) is 1. The summed E-state index contributed by atoms with van der Waals surface area (Å²) < 4.78 is 86.0. The van der Waals surface area contributed by atoms with Crippen molar-refractivity contribution in [3.05, 3.63) is 64.7 Å². The Hall–Kier alpha value is -2.75. The molecule has 0 spiro atoms. The van der Waals surface area contributed by atoms with Crippen LogP contribution >= 0.6 is 0 Å². The quantitative estimate of drug-likeness (QED) is 0.370. The number of carboxylic acids is 1. The summed E-state index contributed by atoms with van der Waals surface area (Å²) in [5, 5.41) is 9.28. The third-order valence-electron chi connectivity index (χ3n) is 7.07. The minimum Gasteiger partial charge on any atom is -0.490 e. The normalized spacial score (nSPS) is 20.3. The molecule has 1 heterocycles. The van der Waals surface area contributed by atoms with E-state index in [1.165, 1.54) is 0 Å². The molecule has 0 radical (unpaired) electrons. The lowest BCUT2D eigenvalue weighted by Gasteiger charge is -2.23. The molecule has 2 unspecified atom stereocenters. The Morgan fingerprint density at radius 3 is 2.38 bits per heavy atom. The van der Waals surface area contributed by atoms with E-state index in [1.54, 1.807) is 11.0 Å². The van der Waals surface area contributed by atoms with E-state index >= 15 is 0 Å². The number of benzene rings is 2. The van der Waals surface area contributed by atoms with Crippen LogP contribution in [0.5, 0.6) is 5.75 Å². The molecule has 0 bridgehead atoms. The lowest BCUT2D eigenvalue weighted by atomic mass is 9.91. The van der Waals surface area contributed by atoms with Crippen molar-refractivity contribution in [1.82, 2.24) is 4.90 Å². The Morgan fingerprint density at radius 1 is 0.973 bits per heavy atom. The molecule has 2 aromatic carbocycles. The van der Waals surface area contributed by atoms with Gasteiger partial charge in [-0.1, -0.05) is 12.1 Å². The number of carbonyl (C=O) groups is 1. The zero-order valence-corrected chi connectivity index (χ0v) is 20.1. The maximum atomic E-state index is 13.5. The SMILES string of the molecule is O=C(O)CC(c1cccc(OC2CCCN(Cc3cc(C(F)(F)F)ccc3C(F)(F)F)CC2)c1)C1CC1. The number of hydrogen-bond acceptors (Lipinski definition) is 3. The zero-order chi connectivity index (χ0) is 26.8. The number of likely N-dealkylation sites (tertiary alicyclic amines) is 1. The molecule has 2 aromatic rings. The fourth-order valence-corrected chi connectivity index (χ4v) is 5.07. The van der Waals surface area contributed by atoms with Crippen LogP contribution in [0.25, 0.3) is 0 Å². The molecular formula is C27H29F6NO3. The molecule has 10 heteroatoms. The molecule has 1 N–H and O–H groups in total. The molecule has 1 saturated heterocycles. The lowest BCUT2D eigenvalue weighted by Crippen LogP contribution is -2.27. The molecule has 1 aliphatic carbocycles. The number of ether oxygens (including phenoxy) is 1. The lowest BCUT2D eigenvalue weighted by molar-refractivity contribution is -0.142. The highest BCUT2D eigenvalue weighted by atomic mass is 19.4. The molecule has 0 aromatic heterocycles. The van der Waals surface area contributed by atoms with E-state index in [0.717, 1.165) is 18.4 Å². The average Bonchev–Trinajstić information content (AvgIpc) is 3.65. The molecule has 0 amide bonds. The fourth-order valence-electron chi connectivity index (χ4n) is 5.07. The first-order chi connectivity index (χ1) is 17.4. The van der Waals surface area contributed by atoms with Crippen molar-refractivity contribution in [3.63, 3.8) is 0 Å². The van der Waals surface area contributed by atoms with Gasteiger partial charge in [-0.15, -0.1) is 0 Å². The topological polar surface area (TPSA) is 49.8 Å². The van der Waals surface area contributed by atoms with Crippen LogP contribution in [0, 0.1) is 5.92 Å². The summed E-state index contributed by atoms with van der Waals surface area (Å²) in [5.74, 6) is 0.0574. The summed E-state index contributed by atoms with van der Waals surface area (Å²) in [4.78, 5) is 13.0. The Morgan fingerprint density at radius 2 is 1.73 bits per heavy atom. The van der Waals surface area contributed by atoms with Crippen LogP contribution in [-0.4, -0.2) is 35.2 Å². The summed E-state index contributed by atoms with van der Waals surface area (Å²) in [7, 11) is 0. The third kappa shape index (κ3) is 7.40. The Balaban J connectivity index is 1.42. The Kier molecular flexibility index (Phi) is 8.06. The first-order valence-corrected chi connectivity index (χ1v) is 12.4. The molecular weight excluding hydrogens is 500 g/mol. The Bertz CT molecular complexity index is 1100. The predicted octanol–water partition coefficient (Wildman–Crippen LogP) is 7.13. The van der Waals surface area contributed by atoms with Gasteiger partial charge in [0.15, 0.2) is 0 Å². The number of rotatable bonds is 8. The van der Waals surface area contributed by atoms with Gasteiger partial charge in [0.25, 0.3) is 0 Å². The number of aliphatic carboxylic acids is 1. The standard InChI is InChI=1S/C27H29F6NO3/c28-26(29,30)20-8-9-24(27(31,32)33)19(13-20)16-34-11-2-5-21(10-12-34)37-22-4-1-3-18(14-22)23(15-25(35)36)17-6-7-17/h1,3-4,8-9,13-14,17,21,23H,2,5-7,10-12,15-16H2,(H,35,36). The van der Waals surface area contributed by atoms with Crippen molar-refractivity contribution in [1.29, 1.82) is 0 Å². The highest BCUT2D eigenvalue weighted by Gasteiger charge is 2.37. The second-order valence-corrected chi connectivity index (χ2v) is 9.93. The molecule has 37 heavy (non-hydrogen) atoms. The summed E-state index contributed by atoms with van der Waals surface area (Å²) >= 11 is 0. The molecule has 2 atom stereocenters. The minimum atomic E-state index is -4.75. The summed E-state index contributed by atoms with van der Waals surface area (Å²) in [6.07, 6.45) is -5.84. The van der Waals surface area contributed by atoms with E-state index in [2.05, 4.69) is 0 Å². The van der Waals surface area contributed by atoms with Crippen LogP contribution in [0.2, 0.25) is 0 Å². The van der Waals surface area contributed by atoms with Crippen LogP contribution in [0.3, 0.4) is 0 Å². The van der Waals surface area contributed by atoms with E-state index in [-0.39, 0.29) is 30.6 Å². The van der Waals surface area contributed by atoms with Crippen LogP contribution < -0.4 is 4.74 Å². The van der Waals surface area contributed by atoms with Crippen molar-refractivity contribution in [2.45, 2.75) is 69.4 Å². The first-order valence-electron chi connectivity index (χ1n) is 12.4. The van der Waals surface area contributed by atoms with E-state index in [1.807, 2.05) is 18.2 Å². The second kappa shape index (κ2) is 10.9. The molecule has 1 saturated carbocycles. The maximum Gasteiger partial charge on any atom is 0.416 e. The van der Waals surface area contributed by atoms with Gasteiger partial charge in [-0.3, -0.25) is 9.69 Å². The first kappa shape index (κ1) is 27.3. The van der Waals surface area contributed by atoms with E-state index in [4.69, 9.17) is 4.74 Å². The van der Waals surface area contributed by atoms with Crippen molar-refractivity contribution >= 4 is 5.97 Å². The van der Waals surface area contributed by atoms with E-state index in [0.29, 0.717) is 62.2 Å². The van der Waals surface area contributed by atoms with Gasteiger partial charge in [-0.25, -0.2) is 0 Å². The number of halogens is 6. The molecule has 2 aliphatic rings. The highest BCUT2D eigenvalue weighted by molar-refractivity contribution is 5.68. The average molecular weight is 530 g/mol. The van der Waals surface area contributed by atoms with Gasteiger partial charge >= 0.3 is 18.3 Å². The van der Waals surface area contributed by atoms with Crippen molar-refractivity contribution in [2.75, 3.05) is 13.1 Å². The van der Waals surface area contributed by atoms with Gasteiger partial charge in [0.1, 0.15) is 5.75 Å². The van der Waals surface area contributed by atoms with Crippen molar-refractivity contribution in [3.8, 4) is 5.75 Å². The predicted molar refractivity (Wildman–Crippen MR) is 124 cm³/mol. The second-order valence-electron chi connectivity index (χ2n) is 9.93. The van der Waals surface area contributed by atoms with Gasteiger partial charge in [0, 0.05) is 13.1 Å². The zero-order valence-electron chi connectivity index (χ0n) is 20.1. The Labute approximate surface area is 211 Å². The summed E-state index contributed by atoms with van der Waals surface area (Å²) in [6.45, 7) is 0.580. The molecule has 2 fully saturated rings. The highest BCUT2D eigenvalue weighted by Crippen LogP contribution is 2.45. The number of carboxylic acid groups (broad SMARTS) is 1. The van der Waals surface area contributed by atoms with Gasteiger partial charge in [0.2, 0.25) is 0 Å². The molecule has 4 rings (SSSR count). The summed E-state index contributed by atoms with van der Waals surface area (Å²) in [6, 6.07) is 8.98. The van der Waals surface area contributed by atoms with Gasteiger partial charge < -0.3 is 9.84 Å². The van der Waals surface area contributed by atoms with E-state index < -0.39 is 29.4 Å². The van der Waals surface area contributed by atoms with Crippen molar-refractivity contribution < 1.29 is 41.0 Å². The van der Waals surface area contributed by atoms with Crippen LogP contribution in [0.4, 0.5) is 26.3 Å².